The molecule has 0 saturated carbocycles. The van der Waals surface area contributed by atoms with Crippen molar-refractivity contribution < 1.29 is 22.9 Å². The van der Waals surface area contributed by atoms with E-state index in [1.807, 2.05) is 12.2 Å². The Balaban J connectivity index is 1.25. The molecule has 0 radical (unpaired) electrons. The van der Waals surface area contributed by atoms with Crippen molar-refractivity contribution >= 4 is 11.7 Å². The van der Waals surface area contributed by atoms with Gasteiger partial charge in [-0.2, -0.15) is 0 Å². The first-order chi connectivity index (χ1) is 17.8. The van der Waals surface area contributed by atoms with E-state index in [0.717, 1.165) is 66.4 Å². The van der Waals surface area contributed by atoms with Gasteiger partial charge in [0.2, 0.25) is 11.7 Å². The number of hydrogen-bond donors (Lipinski definition) is 1. The van der Waals surface area contributed by atoms with Crippen molar-refractivity contribution in [2.45, 2.75) is 44.1 Å². The molecule has 2 aromatic carbocycles. The lowest BCUT2D eigenvalue weighted by atomic mass is 9.78. The van der Waals surface area contributed by atoms with Gasteiger partial charge in [-0.05, 0) is 67.5 Å². The largest absolute Gasteiger partial charge is 0.342 e. The number of nitrogens with zero attached hydrogens (tertiary/aromatic N) is 1. The Morgan fingerprint density at radius 2 is 1.68 bits per heavy atom. The second-order valence-corrected chi connectivity index (χ2v) is 11.3. The average molecular weight is 506 g/mol. The fourth-order valence-electron chi connectivity index (χ4n) is 6.47. The third-order valence-electron chi connectivity index (χ3n) is 8.53. The van der Waals surface area contributed by atoms with Gasteiger partial charge in [0, 0.05) is 23.8 Å². The Kier molecular flexibility index (Phi) is 7.13. The number of Topliss-reactive ketones (excluding diaryl/α,β-unsaturated/α-hetero) is 1. The van der Waals surface area contributed by atoms with Gasteiger partial charge in [0.05, 0.1) is 25.7 Å². The third-order valence-corrected chi connectivity index (χ3v) is 8.53. The smallest absolute Gasteiger partial charge is 0.224 e. The van der Waals surface area contributed by atoms with Crippen LogP contribution >= 0.6 is 0 Å². The van der Waals surface area contributed by atoms with E-state index in [2.05, 4.69) is 18.4 Å². The topological polar surface area (TPSA) is 46.2 Å². The molecule has 2 fully saturated rings. The van der Waals surface area contributed by atoms with E-state index in [1.165, 1.54) is 24.3 Å². The number of carbonyl (C=O) groups is 2. The van der Waals surface area contributed by atoms with Gasteiger partial charge in [-0.25, -0.2) is 8.78 Å². The number of amides is 1. The molecule has 4 nitrogen and oxygen atoms in total. The monoisotopic (exact) mass is 505 g/mol. The van der Waals surface area contributed by atoms with Gasteiger partial charge in [-0.15, -0.1) is 0 Å². The molecule has 2 heterocycles. The van der Waals surface area contributed by atoms with Gasteiger partial charge in [0.15, 0.2) is 0 Å². The van der Waals surface area contributed by atoms with Gasteiger partial charge < -0.3 is 9.80 Å². The molecule has 37 heavy (non-hydrogen) atoms. The van der Waals surface area contributed by atoms with Crippen LogP contribution in [0.3, 0.4) is 0 Å². The number of nitrogens with one attached hydrogen (secondary N) is 1. The fraction of sp³-hybridized carbons (Fsp3) is 0.419. The van der Waals surface area contributed by atoms with Crippen LogP contribution in [0.5, 0.6) is 0 Å². The van der Waals surface area contributed by atoms with Crippen molar-refractivity contribution in [3.63, 3.8) is 0 Å². The van der Waals surface area contributed by atoms with Crippen LogP contribution in [0.15, 0.2) is 72.3 Å². The van der Waals surface area contributed by atoms with Gasteiger partial charge >= 0.3 is 0 Å². The van der Waals surface area contributed by atoms with E-state index >= 15 is 0 Å². The summed E-state index contributed by atoms with van der Waals surface area (Å²) in [5.74, 6) is -0.151. The van der Waals surface area contributed by atoms with Crippen LogP contribution in [0, 0.1) is 23.5 Å². The normalized spacial score (nSPS) is 26.7. The number of rotatable bonds is 8. The van der Waals surface area contributed by atoms with Crippen LogP contribution in [0.1, 0.15) is 49.7 Å². The number of quaternary nitrogens is 1. The molecule has 5 rings (SSSR count). The Bertz CT molecular complexity index is 1170. The summed E-state index contributed by atoms with van der Waals surface area (Å²) in [6, 6.07) is 12.4. The van der Waals surface area contributed by atoms with E-state index in [1.54, 1.807) is 24.3 Å². The fourth-order valence-corrected chi connectivity index (χ4v) is 6.47. The lowest BCUT2D eigenvalue weighted by Gasteiger charge is -2.31. The minimum atomic E-state index is -0.808. The van der Waals surface area contributed by atoms with Crippen molar-refractivity contribution in [3.8, 4) is 0 Å². The van der Waals surface area contributed by atoms with Crippen molar-refractivity contribution in [1.82, 2.24) is 5.32 Å². The third kappa shape index (κ3) is 5.45. The van der Waals surface area contributed by atoms with Gasteiger partial charge in [0.1, 0.15) is 18.2 Å². The summed E-state index contributed by atoms with van der Waals surface area (Å²) in [5.41, 5.74) is 1.72. The van der Waals surface area contributed by atoms with Crippen LogP contribution in [-0.4, -0.2) is 42.9 Å². The molecule has 3 atom stereocenters. The molecule has 0 bridgehead atoms. The average Bonchev–Trinajstić information content (AvgIpc) is 3.44. The number of carbonyl (C=O) groups excluding carboxylic acids is 2. The Morgan fingerprint density at radius 3 is 2.27 bits per heavy atom. The molecule has 2 saturated heterocycles. The van der Waals surface area contributed by atoms with Crippen LogP contribution in [-0.2, 0) is 15.1 Å². The zero-order valence-electron chi connectivity index (χ0n) is 21.4. The highest BCUT2D eigenvalue weighted by Gasteiger charge is 2.47. The van der Waals surface area contributed by atoms with E-state index in [9.17, 15) is 18.4 Å². The second-order valence-electron chi connectivity index (χ2n) is 11.3. The summed E-state index contributed by atoms with van der Waals surface area (Å²) in [7, 11) is 2.17. The van der Waals surface area contributed by atoms with Crippen molar-refractivity contribution in [2.75, 3.05) is 26.7 Å². The first-order valence-electron chi connectivity index (χ1n) is 13.3. The SMILES string of the molecule is C[N+]1(CC(=O)C2=CC=CCC2)CC[C@@H](CCC2CC(c3ccc(F)cc3)(c3ccc(F)cc3)NC2=O)C1. The van der Waals surface area contributed by atoms with Crippen LogP contribution in [0.4, 0.5) is 8.78 Å². The quantitative estimate of drug-likeness (QED) is 0.486. The molecule has 0 aromatic heterocycles. The zero-order chi connectivity index (χ0) is 26.0. The summed E-state index contributed by atoms with van der Waals surface area (Å²) >= 11 is 0. The first kappa shape index (κ1) is 25.5. The molecular weight excluding hydrogens is 470 g/mol. The predicted octanol–water partition coefficient (Wildman–Crippen LogP) is 5.44. The highest BCUT2D eigenvalue weighted by molar-refractivity contribution is 5.96. The van der Waals surface area contributed by atoms with E-state index < -0.39 is 5.54 Å². The number of benzene rings is 2. The summed E-state index contributed by atoms with van der Waals surface area (Å²) in [5, 5.41) is 3.20. The molecule has 1 amide bonds. The molecule has 6 heteroatoms. The van der Waals surface area contributed by atoms with Crippen molar-refractivity contribution in [3.05, 3.63) is 95.1 Å². The first-order valence-corrected chi connectivity index (χ1v) is 13.3. The highest BCUT2D eigenvalue weighted by Crippen LogP contribution is 2.43. The summed E-state index contributed by atoms with van der Waals surface area (Å²) in [4.78, 5) is 26.0. The number of hydrogen-bond acceptors (Lipinski definition) is 2. The number of ketones is 1. The molecule has 194 valence electrons. The van der Waals surface area contributed by atoms with E-state index in [4.69, 9.17) is 0 Å². The highest BCUT2D eigenvalue weighted by atomic mass is 19.1. The van der Waals surface area contributed by atoms with E-state index in [-0.39, 0.29) is 29.2 Å². The summed E-state index contributed by atoms with van der Waals surface area (Å²) < 4.78 is 28.1. The molecule has 2 aromatic rings. The number of likely N-dealkylation sites (N-methyl/N-ethyl adjacent to an activating group) is 1. The van der Waals surface area contributed by atoms with Crippen molar-refractivity contribution in [1.29, 1.82) is 0 Å². The van der Waals surface area contributed by atoms with E-state index in [0.29, 0.717) is 18.9 Å². The maximum atomic E-state index is 13.7. The van der Waals surface area contributed by atoms with Crippen LogP contribution in [0.25, 0.3) is 0 Å². The Labute approximate surface area is 217 Å². The second kappa shape index (κ2) is 10.3. The molecule has 1 N–H and O–H groups in total. The molecule has 2 aliphatic heterocycles. The summed E-state index contributed by atoms with van der Waals surface area (Å²) in [6.45, 7) is 2.47. The van der Waals surface area contributed by atoms with Crippen molar-refractivity contribution in [2.24, 2.45) is 11.8 Å². The van der Waals surface area contributed by atoms with Gasteiger partial charge in [0.25, 0.3) is 0 Å². The number of likely N-dealkylation sites (tertiary alicyclic amines) is 1. The van der Waals surface area contributed by atoms with Crippen LogP contribution < -0.4 is 5.32 Å². The maximum absolute atomic E-state index is 13.7. The lowest BCUT2D eigenvalue weighted by Crippen LogP contribution is -2.46. The number of allylic oxidation sites excluding steroid dienone is 3. The molecule has 0 spiro atoms. The van der Waals surface area contributed by atoms with Gasteiger partial charge in [-0.1, -0.05) is 42.5 Å². The van der Waals surface area contributed by atoms with Crippen LogP contribution in [0.2, 0.25) is 0 Å². The molecule has 3 aliphatic rings. The lowest BCUT2D eigenvalue weighted by molar-refractivity contribution is -0.891. The standard InChI is InChI=1S/C31H34F2N2O2/c1-35(21-29(36)23-5-3-2-4-6-23)18-17-22(20-35)7-8-24-19-31(34-30(24)37,25-9-13-27(32)14-10-25)26-11-15-28(33)16-12-26/h2-3,5,9-16,22,24H,4,6-8,17-21H2,1H3/p+1/t22-,24?,35?/m1/s1. The molecular formula is C31H35F2N2O2+. The van der Waals surface area contributed by atoms with Gasteiger partial charge in [-0.3, -0.25) is 9.59 Å². The Hall–Kier alpha value is -3.12. The zero-order valence-corrected chi connectivity index (χ0v) is 21.4. The molecule has 2 unspecified atom stereocenters. The summed E-state index contributed by atoms with van der Waals surface area (Å²) in [6.07, 6.45) is 11.1. The Morgan fingerprint density at radius 1 is 1.03 bits per heavy atom. The number of halogens is 2. The molecule has 1 aliphatic carbocycles. The maximum Gasteiger partial charge on any atom is 0.224 e. The minimum absolute atomic E-state index is 0.0173. The minimum Gasteiger partial charge on any atom is -0.342 e. The predicted molar refractivity (Wildman–Crippen MR) is 139 cm³/mol.